The van der Waals surface area contributed by atoms with Crippen molar-refractivity contribution >= 4 is 29.3 Å². The Bertz CT molecular complexity index is 1300. The Hall–Kier alpha value is -4.06. The summed E-state index contributed by atoms with van der Waals surface area (Å²) in [5.41, 5.74) is 2.18. The SMILES string of the molecule is C[C@H](OC(=O)c1cccc(N2C(=O)[C@@H]3CC[C@@H](c4ccccc4)C[C@H]3C2=O)c1)C(=O)c1ccccc1. The molecular weight excluding hydrogens is 454 g/mol. The largest absolute Gasteiger partial charge is 0.451 e. The van der Waals surface area contributed by atoms with E-state index in [1.807, 2.05) is 18.2 Å². The molecule has 6 nitrogen and oxygen atoms in total. The lowest BCUT2D eigenvalue weighted by molar-refractivity contribution is -0.122. The second kappa shape index (κ2) is 9.90. The van der Waals surface area contributed by atoms with E-state index in [4.69, 9.17) is 4.74 Å². The number of hydrogen-bond donors (Lipinski definition) is 0. The van der Waals surface area contributed by atoms with Gasteiger partial charge in [0, 0.05) is 5.56 Å². The molecule has 1 aliphatic carbocycles. The summed E-state index contributed by atoms with van der Waals surface area (Å²) in [4.78, 5) is 53.2. The highest BCUT2D eigenvalue weighted by Crippen LogP contribution is 2.45. The van der Waals surface area contributed by atoms with Gasteiger partial charge in [-0.1, -0.05) is 66.7 Å². The van der Waals surface area contributed by atoms with Crippen LogP contribution >= 0.6 is 0 Å². The lowest BCUT2D eigenvalue weighted by Crippen LogP contribution is -2.31. The topological polar surface area (TPSA) is 80.8 Å². The molecule has 5 rings (SSSR count). The van der Waals surface area contributed by atoms with Crippen molar-refractivity contribution in [2.24, 2.45) is 11.8 Å². The van der Waals surface area contributed by atoms with E-state index in [1.54, 1.807) is 48.5 Å². The van der Waals surface area contributed by atoms with E-state index in [2.05, 4.69) is 12.1 Å². The molecular formula is C30H27NO5. The molecule has 6 heteroatoms. The Morgan fingerprint density at radius 1 is 0.806 bits per heavy atom. The molecule has 182 valence electrons. The first-order valence-corrected chi connectivity index (χ1v) is 12.3. The van der Waals surface area contributed by atoms with Crippen molar-refractivity contribution in [2.75, 3.05) is 4.90 Å². The van der Waals surface area contributed by atoms with Crippen molar-refractivity contribution in [3.63, 3.8) is 0 Å². The summed E-state index contributed by atoms with van der Waals surface area (Å²) in [5.74, 6) is -1.88. The van der Waals surface area contributed by atoms with Crippen LogP contribution in [0.4, 0.5) is 5.69 Å². The van der Waals surface area contributed by atoms with Crippen molar-refractivity contribution in [3.05, 3.63) is 102 Å². The number of fused-ring (bicyclic) bond motifs is 1. The first-order valence-electron chi connectivity index (χ1n) is 12.3. The highest BCUT2D eigenvalue weighted by atomic mass is 16.5. The number of Topliss-reactive ketones (excluding diaryl/α,β-unsaturated/α-hetero) is 1. The van der Waals surface area contributed by atoms with Crippen molar-refractivity contribution in [1.82, 2.24) is 0 Å². The minimum absolute atomic E-state index is 0.179. The van der Waals surface area contributed by atoms with Gasteiger partial charge in [0.05, 0.1) is 23.1 Å². The van der Waals surface area contributed by atoms with Crippen LogP contribution in [0.5, 0.6) is 0 Å². The Balaban J connectivity index is 1.31. The van der Waals surface area contributed by atoms with Gasteiger partial charge in [0.25, 0.3) is 0 Å². The number of amides is 2. The molecule has 1 heterocycles. The van der Waals surface area contributed by atoms with E-state index in [0.717, 1.165) is 6.42 Å². The van der Waals surface area contributed by atoms with Crippen LogP contribution in [0.15, 0.2) is 84.9 Å². The van der Waals surface area contributed by atoms with Crippen LogP contribution in [0.1, 0.15) is 58.4 Å². The van der Waals surface area contributed by atoms with Gasteiger partial charge < -0.3 is 4.74 Å². The summed E-state index contributed by atoms with van der Waals surface area (Å²) in [6, 6.07) is 25.0. The predicted molar refractivity (Wildman–Crippen MR) is 135 cm³/mol. The maximum Gasteiger partial charge on any atom is 0.338 e. The Morgan fingerprint density at radius 3 is 2.17 bits per heavy atom. The smallest absolute Gasteiger partial charge is 0.338 e. The highest BCUT2D eigenvalue weighted by Gasteiger charge is 2.50. The molecule has 1 saturated carbocycles. The van der Waals surface area contributed by atoms with Crippen molar-refractivity contribution in [3.8, 4) is 0 Å². The second-order valence-electron chi connectivity index (χ2n) is 9.47. The molecule has 3 aromatic rings. The minimum Gasteiger partial charge on any atom is -0.451 e. The first-order chi connectivity index (χ1) is 17.4. The van der Waals surface area contributed by atoms with Gasteiger partial charge in [0.1, 0.15) is 0 Å². The third-order valence-electron chi connectivity index (χ3n) is 7.25. The first kappa shape index (κ1) is 23.7. The fourth-order valence-electron chi connectivity index (χ4n) is 5.35. The zero-order chi connectivity index (χ0) is 25.2. The monoisotopic (exact) mass is 481 g/mol. The van der Waals surface area contributed by atoms with Crippen LogP contribution in [-0.4, -0.2) is 29.7 Å². The fourth-order valence-corrected chi connectivity index (χ4v) is 5.35. The number of carbonyl (C=O) groups excluding carboxylic acids is 4. The number of nitrogens with zero attached hydrogens (tertiary/aromatic N) is 1. The summed E-state index contributed by atoms with van der Waals surface area (Å²) in [6.45, 7) is 1.53. The van der Waals surface area contributed by atoms with E-state index in [1.165, 1.54) is 23.5 Å². The molecule has 1 saturated heterocycles. The normalized spacial score (nSPS) is 22.1. The molecule has 0 aromatic heterocycles. The van der Waals surface area contributed by atoms with Crippen LogP contribution in [0.25, 0.3) is 0 Å². The molecule has 3 aromatic carbocycles. The molecule has 0 unspecified atom stereocenters. The fraction of sp³-hybridized carbons (Fsp3) is 0.267. The average Bonchev–Trinajstić information content (AvgIpc) is 3.18. The quantitative estimate of drug-likeness (QED) is 0.275. The Kier molecular flexibility index (Phi) is 6.51. The van der Waals surface area contributed by atoms with Crippen LogP contribution < -0.4 is 4.90 Å². The van der Waals surface area contributed by atoms with Crippen LogP contribution in [0.2, 0.25) is 0 Å². The number of esters is 1. The average molecular weight is 482 g/mol. The Morgan fingerprint density at radius 2 is 1.44 bits per heavy atom. The van der Waals surface area contributed by atoms with Gasteiger partial charge in [-0.05, 0) is 55.9 Å². The van der Waals surface area contributed by atoms with E-state index in [0.29, 0.717) is 24.1 Å². The number of ether oxygens (including phenoxy) is 1. The van der Waals surface area contributed by atoms with Crippen LogP contribution in [0, 0.1) is 11.8 Å². The molecule has 0 N–H and O–H groups in total. The van der Waals surface area contributed by atoms with E-state index in [9.17, 15) is 19.2 Å². The van der Waals surface area contributed by atoms with Crippen molar-refractivity contribution in [1.29, 1.82) is 0 Å². The van der Waals surface area contributed by atoms with Crippen LogP contribution in [0.3, 0.4) is 0 Å². The third kappa shape index (κ3) is 4.47. The summed E-state index contributed by atoms with van der Waals surface area (Å²) in [5, 5.41) is 0. The maximum atomic E-state index is 13.4. The van der Waals surface area contributed by atoms with Crippen molar-refractivity contribution in [2.45, 2.75) is 38.2 Å². The van der Waals surface area contributed by atoms with E-state index >= 15 is 0 Å². The molecule has 36 heavy (non-hydrogen) atoms. The number of benzene rings is 3. The lowest BCUT2D eigenvalue weighted by Gasteiger charge is -2.28. The number of ketones is 1. The molecule has 2 aliphatic rings. The second-order valence-corrected chi connectivity index (χ2v) is 9.47. The molecule has 0 spiro atoms. The third-order valence-corrected chi connectivity index (χ3v) is 7.25. The zero-order valence-corrected chi connectivity index (χ0v) is 20.0. The number of imide groups is 1. The summed E-state index contributed by atoms with van der Waals surface area (Å²) in [7, 11) is 0. The lowest BCUT2D eigenvalue weighted by atomic mass is 9.73. The minimum atomic E-state index is -0.976. The van der Waals surface area contributed by atoms with E-state index in [-0.39, 0.29) is 40.9 Å². The standard InChI is InChI=1S/C30H27NO5/c1-19(27(32)21-11-6-3-7-12-21)36-30(35)23-13-8-14-24(17-23)31-28(33)25-16-15-22(18-26(25)29(31)34)20-9-4-2-5-10-20/h2-14,17,19,22,25-26H,15-16,18H2,1H3/t19-,22+,25+,26+/m0/s1. The summed E-state index contributed by atoms with van der Waals surface area (Å²) >= 11 is 0. The van der Waals surface area contributed by atoms with Gasteiger partial charge in [-0.2, -0.15) is 0 Å². The number of rotatable bonds is 6. The van der Waals surface area contributed by atoms with Gasteiger partial charge in [-0.3, -0.25) is 19.3 Å². The Labute approximate surface area is 209 Å². The van der Waals surface area contributed by atoms with Crippen LogP contribution in [-0.2, 0) is 14.3 Å². The van der Waals surface area contributed by atoms with Gasteiger partial charge >= 0.3 is 5.97 Å². The molecule has 4 atom stereocenters. The number of anilines is 1. The number of hydrogen-bond acceptors (Lipinski definition) is 5. The van der Waals surface area contributed by atoms with Gasteiger partial charge in [0.2, 0.25) is 17.6 Å². The van der Waals surface area contributed by atoms with E-state index < -0.39 is 12.1 Å². The maximum absolute atomic E-state index is 13.4. The number of carbonyl (C=O) groups is 4. The molecule has 0 radical (unpaired) electrons. The summed E-state index contributed by atoms with van der Waals surface area (Å²) in [6.07, 6.45) is 1.18. The summed E-state index contributed by atoms with van der Waals surface area (Å²) < 4.78 is 5.40. The highest BCUT2D eigenvalue weighted by molar-refractivity contribution is 6.22. The zero-order valence-electron chi connectivity index (χ0n) is 20.0. The molecule has 0 bridgehead atoms. The molecule has 2 amide bonds. The van der Waals surface area contributed by atoms with Crippen molar-refractivity contribution < 1.29 is 23.9 Å². The predicted octanol–water partition coefficient (Wildman–Crippen LogP) is 5.19. The van der Waals surface area contributed by atoms with Gasteiger partial charge in [-0.25, -0.2) is 4.79 Å². The molecule has 2 fully saturated rings. The van der Waals surface area contributed by atoms with Gasteiger partial charge in [-0.15, -0.1) is 0 Å². The van der Waals surface area contributed by atoms with Gasteiger partial charge in [0.15, 0.2) is 6.10 Å². The molecule has 1 aliphatic heterocycles.